The molecule has 3 aromatic carbocycles. The Morgan fingerprint density at radius 1 is 0.733 bits per heavy atom. The van der Waals surface area contributed by atoms with Gasteiger partial charge in [-0.05, 0) is 53.6 Å². The topological polar surface area (TPSA) is 21.7 Å². The maximum Gasteiger partial charge on any atom is 0.416 e. The summed E-state index contributed by atoms with van der Waals surface area (Å²) in [7, 11) is 3.12. The summed E-state index contributed by atoms with van der Waals surface area (Å²) in [6.07, 6.45) is -4.60. The molecule has 7 heteroatoms. The van der Waals surface area contributed by atoms with E-state index in [2.05, 4.69) is 0 Å². The van der Waals surface area contributed by atoms with E-state index in [1.807, 2.05) is 24.3 Å². The highest BCUT2D eigenvalue weighted by Gasteiger charge is 2.31. The monoisotopic (exact) mass is 419 g/mol. The summed E-state index contributed by atoms with van der Waals surface area (Å²) in [6, 6.07) is 17.1. The normalized spacial score (nSPS) is 11.3. The van der Waals surface area contributed by atoms with Crippen molar-refractivity contribution in [1.82, 2.24) is 0 Å². The summed E-state index contributed by atoms with van der Waals surface area (Å²) in [4.78, 5) is 1.69. The minimum atomic E-state index is -4.60. The fraction of sp³-hybridized carbons (Fsp3) is 0.217. The van der Waals surface area contributed by atoms with Crippen LogP contribution in [0.1, 0.15) is 16.7 Å². The lowest BCUT2D eigenvalue weighted by molar-refractivity contribution is -0.137. The number of hydrogen-bond donors (Lipinski definition) is 0. The van der Waals surface area contributed by atoms with Crippen molar-refractivity contribution < 1.29 is 27.0 Å². The van der Waals surface area contributed by atoms with Gasteiger partial charge < -0.3 is 14.4 Å². The van der Waals surface area contributed by atoms with Gasteiger partial charge in [0.15, 0.2) is 0 Å². The zero-order valence-electron chi connectivity index (χ0n) is 16.5. The van der Waals surface area contributed by atoms with Crippen molar-refractivity contribution in [1.29, 1.82) is 0 Å². The molecule has 30 heavy (non-hydrogen) atoms. The van der Waals surface area contributed by atoms with Gasteiger partial charge in [0.1, 0.15) is 17.3 Å². The van der Waals surface area contributed by atoms with Gasteiger partial charge in [0.2, 0.25) is 0 Å². The molecule has 0 aliphatic carbocycles. The van der Waals surface area contributed by atoms with Crippen molar-refractivity contribution in [3.05, 3.63) is 89.2 Å². The van der Waals surface area contributed by atoms with E-state index in [-0.39, 0.29) is 5.69 Å². The van der Waals surface area contributed by atoms with E-state index >= 15 is 0 Å². The molecule has 0 radical (unpaired) electrons. The molecule has 0 bridgehead atoms. The molecule has 0 atom stereocenters. The van der Waals surface area contributed by atoms with Crippen LogP contribution in [0.4, 0.5) is 23.2 Å². The molecule has 0 spiro atoms. The zero-order chi connectivity index (χ0) is 21.7. The SMILES string of the molecule is COc1ccc(CN(Cc2ccc(OC)cc2)c2ccc(C(F)(F)F)cc2F)cc1. The number of hydrogen-bond acceptors (Lipinski definition) is 3. The average molecular weight is 419 g/mol. The number of ether oxygens (including phenoxy) is 2. The van der Waals surface area contributed by atoms with Gasteiger partial charge in [-0.3, -0.25) is 0 Å². The zero-order valence-corrected chi connectivity index (χ0v) is 16.5. The van der Waals surface area contributed by atoms with Gasteiger partial charge in [0, 0.05) is 13.1 Å². The number of halogens is 4. The maximum absolute atomic E-state index is 14.7. The first-order valence-corrected chi connectivity index (χ1v) is 9.17. The Morgan fingerprint density at radius 2 is 1.20 bits per heavy atom. The van der Waals surface area contributed by atoms with Crippen LogP contribution in [-0.2, 0) is 19.3 Å². The fourth-order valence-corrected chi connectivity index (χ4v) is 3.07. The first-order valence-electron chi connectivity index (χ1n) is 9.17. The van der Waals surface area contributed by atoms with Gasteiger partial charge in [-0.1, -0.05) is 24.3 Å². The molecule has 0 aromatic heterocycles. The van der Waals surface area contributed by atoms with Crippen molar-refractivity contribution in [3.8, 4) is 11.5 Å². The van der Waals surface area contributed by atoms with Crippen LogP contribution in [0.3, 0.4) is 0 Å². The second-order valence-corrected chi connectivity index (χ2v) is 6.72. The third-order valence-corrected chi connectivity index (χ3v) is 4.68. The highest BCUT2D eigenvalue weighted by Crippen LogP contribution is 2.33. The second-order valence-electron chi connectivity index (χ2n) is 6.72. The predicted molar refractivity (Wildman–Crippen MR) is 107 cm³/mol. The molecular formula is C23H21F4NO2. The van der Waals surface area contributed by atoms with E-state index in [0.29, 0.717) is 30.7 Å². The third-order valence-electron chi connectivity index (χ3n) is 4.68. The van der Waals surface area contributed by atoms with E-state index in [1.165, 1.54) is 6.07 Å². The molecule has 3 aromatic rings. The molecule has 0 saturated carbocycles. The molecule has 0 fully saturated rings. The predicted octanol–water partition coefficient (Wildman–Crippen LogP) is 6.07. The Balaban J connectivity index is 1.93. The van der Waals surface area contributed by atoms with Gasteiger partial charge in [0.05, 0.1) is 25.5 Å². The number of benzene rings is 3. The molecule has 0 unspecified atom stereocenters. The Kier molecular flexibility index (Phi) is 6.50. The van der Waals surface area contributed by atoms with Crippen LogP contribution in [0.5, 0.6) is 11.5 Å². The molecule has 0 amide bonds. The maximum atomic E-state index is 14.7. The van der Waals surface area contributed by atoms with Gasteiger partial charge >= 0.3 is 6.18 Å². The van der Waals surface area contributed by atoms with Gasteiger partial charge in [0.25, 0.3) is 0 Å². The third kappa shape index (κ3) is 5.23. The molecule has 0 aliphatic rings. The van der Waals surface area contributed by atoms with E-state index < -0.39 is 17.6 Å². The lowest BCUT2D eigenvalue weighted by Gasteiger charge is -2.26. The average Bonchev–Trinajstić information content (AvgIpc) is 2.73. The van der Waals surface area contributed by atoms with Crippen molar-refractivity contribution in [2.75, 3.05) is 19.1 Å². The Morgan fingerprint density at radius 3 is 1.57 bits per heavy atom. The largest absolute Gasteiger partial charge is 0.497 e. The second kappa shape index (κ2) is 9.07. The van der Waals surface area contributed by atoms with Crippen LogP contribution in [0, 0.1) is 5.82 Å². The molecule has 0 saturated heterocycles. The van der Waals surface area contributed by atoms with Crippen LogP contribution in [0.15, 0.2) is 66.7 Å². The van der Waals surface area contributed by atoms with Gasteiger partial charge in [-0.25, -0.2) is 4.39 Å². The van der Waals surface area contributed by atoms with Crippen LogP contribution in [-0.4, -0.2) is 14.2 Å². The van der Waals surface area contributed by atoms with E-state index in [4.69, 9.17) is 9.47 Å². The number of anilines is 1. The van der Waals surface area contributed by atoms with Gasteiger partial charge in [-0.2, -0.15) is 13.2 Å². The van der Waals surface area contributed by atoms with Crippen LogP contribution in [0.25, 0.3) is 0 Å². The lowest BCUT2D eigenvalue weighted by atomic mass is 10.1. The van der Waals surface area contributed by atoms with Gasteiger partial charge in [-0.15, -0.1) is 0 Å². The quantitative estimate of drug-likeness (QED) is 0.434. The summed E-state index contributed by atoms with van der Waals surface area (Å²) in [6.45, 7) is 0.608. The van der Waals surface area contributed by atoms with E-state index in [1.54, 1.807) is 43.4 Å². The smallest absolute Gasteiger partial charge is 0.416 e. The molecule has 3 rings (SSSR count). The van der Waals surface area contributed by atoms with Crippen LogP contribution >= 0.6 is 0 Å². The highest BCUT2D eigenvalue weighted by molar-refractivity contribution is 5.51. The summed E-state index contributed by atoms with van der Waals surface area (Å²) >= 11 is 0. The molecule has 3 nitrogen and oxygen atoms in total. The lowest BCUT2D eigenvalue weighted by Crippen LogP contribution is -2.23. The summed E-state index contributed by atoms with van der Waals surface area (Å²) in [5, 5.41) is 0. The molecule has 0 aliphatic heterocycles. The first kappa shape index (κ1) is 21.5. The molecule has 0 N–H and O–H groups in total. The van der Waals surface area contributed by atoms with Crippen molar-refractivity contribution in [2.45, 2.75) is 19.3 Å². The minimum absolute atomic E-state index is 0.0923. The molecule has 158 valence electrons. The standard InChI is InChI=1S/C23H21F4NO2/c1-29-19-8-3-16(4-9-19)14-28(15-17-5-10-20(30-2)11-6-17)22-12-7-18(13-21(22)24)23(25,26)27/h3-13H,14-15H2,1-2H3. The summed E-state index contributed by atoms with van der Waals surface area (Å²) < 4.78 is 63.8. The number of alkyl halides is 3. The summed E-state index contributed by atoms with van der Waals surface area (Å²) in [5.41, 5.74) is 0.805. The van der Waals surface area contributed by atoms with Crippen molar-refractivity contribution in [2.24, 2.45) is 0 Å². The van der Waals surface area contributed by atoms with Crippen LogP contribution in [0.2, 0.25) is 0 Å². The Bertz CT molecular complexity index is 920. The number of rotatable bonds is 7. The Hall–Kier alpha value is -3.22. The number of methoxy groups -OCH3 is 2. The van der Waals surface area contributed by atoms with Crippen molar-refractivity contribution >= 4 is 5.69 Å². The number of nitrogens with zero attached hydrogens (tertiary/aromatic N) is 1. The molecule has 0 heterocycles. The van der Waals surface area contributed by atoms with Crippen LogP contribution < -0.4 is 14.4 Å². The van der Waals surface area contributed by atoms with Crippen molar-refractivity contribution in [3.63, 3.8) is 0 Å². The fourth-order valence-electron chi connectivity index (χ4n) is 3.07. The summed E-state index contributed by atoms with van der Waals surface area (Å²) in [5.74, 6) is 0.439. The minimum Gasteiger partial charge on any atom is -0.497 e. The Labute approximate surface area is 172 Å². The van der Waals surface area contributed by atoms with E-state index in [9.17, 15) is 17.6 Å². The van der Waals surface area contributed by atoms with E-state index in [0.717, 1.165) is 17.2 Å². The molecular weight excluding hydrogens is 398 g/mol. The highest BCUT2D eigenvalue weighted by atomic mass is 19.4. The first-order chi connectivity index (χ1) is 14.3.